The van der Waals surface area contributed by atoms with Crippen molar-refractivity contribution < 1.29 is 0 Å². The standard InChI is InChI=1S/C7H7N/c1-2-3-7(6-8)4-5-7/h4-5H2,1H3. The normalized spacial score (nSPS) is 20.0. The molecule has 40 valence electrons. The Morgan fingerprint density at radius 1 is 1.50 bits per heavy atom. The summed E-state index contributed by atoms with van der Waals surface area (Å²) in [5.41, 5.74) is -0.214. The van der Waals surface area contributed by atoms with E-state index in [-0.39, 0.29) is 5.41 Å². The smallest absolute Gasteiger partial charge is 0.118 e. The van der Waals surface area contributed by atoms with Gasteiger partial charge in [-0.1, -0.05) is 5.92 Å². The first-order valence-corrected chi connectivity index (χ1v) is 2.68. The van der Waals surface area contributed by atoms with E-state index in [1.54, 1.807) is 6.92 Å². The van der Waals surface area contributed by atoms with Crippen molar-refractivity contribution in [1.82, 2.24) is 0 Å². The maximum Gasteiger partial charge on any atom is 0.118 e. The Labute approximate surface area is 49.3 Å². The second kappa shape index (κ2) is 1.53. The average molecular weight is 105 g/mol. The lowest BCUT2D eigenvalue weighted by atomic mass is 10.1. The van der Waals surface area contributed by atoms with Gasteiger partial charge in [-0.15, -0.1) is 5.92 Å². The molecule has 8 heavy (non-hydrogen) atoms. The van der Waals surface area contributed by atoms with Gasteiger partial charge in [-0.2, -0.15) is 5.26 Å². The summed E-state index contributed by atoms with van der Waals surface area (Å²) in [6, 6.07) is 2.18. The summed E-state index contributed by atoms with van der Waals surface area (Å²) in [5.74, 6) is 5.62. The zero-order valence-corrected chi connectivity index (χ0v) is 4.86. The SMILES string of the molecule is CC#CC1(C#N)CC1. The Morgan fingerprint density at radius 2 is 2.12 bits per heavy atom. The fourth-order valence-corrected chi connectivity index (χ4v) is 0.629. The summed E-state index contributed by atoms with van der Waals surface area (Å²) in [6.45, 7) is 1.78. The molecule has 0 heterocycles. The van der Waals surface area contributed by atoms with Crippen LogP contribution < -0.4 is 0 Å². The molecule has 0 radical (unpaired) electrons. The molecule has 1 aliphatic rings. The quantitative estimate of drug-likeness (QED) is 0.426. The minimum absolute atomic E-state index is 0.214. The van der Waals surface area contributed by atoms with Crippen LogP contribution in [0.1, 0.15) is 19.8 Å². The van der Waals surface area contributed by atoms with Crippen molar-refractivity contribution in [3.05, 3.63) is 0 Å². The molecule has 0 spiro atoms. The van der Waals surface area contributed by atoms with Crippen LogP contribution in [0.25, 0.3) is 0 Å². The molecule has 0 saturated heterocycles. The Bertz CT molecular complexity index is 183. The van der Waals surface area contributed by atoms with Crippen LogP contribution in [0, 0.1) is 28.6 Å². The molecule has 1 heteroatoms. The third kappa shape index (κ3) is 0.678. The van der Waals surface area contributed by atoms with Gasteiger partial charge in [0.1, 0.15) is 5.41 Å². The van der Waals surface area contributed by atoms with Crippen LogP contribution in [0.4, 0.5) is 0 Å². The molecule has 0 aromatic carbocycles. The third-order valence-electron chi connectivity index (χ3n) is 1.33. The van der Waals surface area contributed by atoms with E-state index in [0.29, 0.717) is 0 Å². The van der Waals surface area contributed by atoms with Crippen molar-refractivity contribution in [1.29, 1.82) is 5.26 Å². The molecule has 0 amide bonds. The second-order valence-corrected chi connectivity index (χ2v) is 2.07. The van der Waals surface area contributed by atoms with Crippen LogP contribution in [0.3, 0.4) is 0 Å². The number of nitrogens with zero attached hydrogens (tertiary/aromatic N) is 1. The van der Waals surface area contributed by atoms with E-state index in [1.807, 2.05) is 0 Å². The van der Waals surface area contributed by atoms with Crippen LogP contribution in [-0.4, -0.2) is 0 Å². The van der Waals surface area contributed by atoms with Gasteiger partial charge in [0.15, 0.2) is 0 Å². The highest BCUT2D eigenvalue weighted by Crippen LogP contribution is 2.43. The van der Waals surface area contributed by atoms with Crippen molar-refractivity contribution in [2.24, 2.45) is 5.41 Å². The molecule has 1 saturated carbocycles. The van der Waals surface area contributed by atoms with Gasteiger partial charge in [-0.05, 0) is 19.8 Å². The molecule has 1 fully saturated rings. The Hall–Kier alpha value is -0.950. The molecule has 1 rings (SSSR count). The average Bonchev–Trinajstić information content (AvgIpc) is 2.50. The van der Waals surface area contributed by atoms with Crippen LogP contribution in [-0.2, 0) is 0 Å². The fraction of sp³-hybridized carbons (Fsp3) is 0.571. The molecule has 0 N–H and O–H groups in total. The lowest BCUT2D eigenvalue weighted by Crippen LogP contribution is -1.87. The maximum absolute atomic E-state index is 8.44. The molecule has 0 aromatic heterocycles. The fourth-order valence-electron chi connectivity index (χ4n) is 0.629. The highest BCUT2D eigenvalue weighted by molar-refractivity contribution is 5.28. The van der Waals surface area contributed by atoms with Gasteiger partial charge in [-0.3, -0.25) is 0 Å². The zero-order chi connectivity index (χ0) is 6.04. The van der Waals surface area contributed by atoms with Crippen LogP contribution in [0.15, 0.2) is 0 Å². The van der Waals surface area contributed by atoms with Crippen molar-refractivity contribution in [2.75, 3.05) is 0 Å². The molecule has 0 bridgehead atoms. The van der Waals surface area contributed by atoms with E-state index in [9.17, 15) is 0 Å². The Balaban J connectivity index is 2.67. The van der Waals surface area contributed by atoms with E-state index in [0.717, 1.165) is 12.8 Å². The minimum Gasteiger partial charge on any atom is -0.197 e. The molecule has 0 aliphatic heterocycles. The minimum atomic E-state index is -0.214. The lowest BCUT2D eigenvalue weighted by molar-refractivity contribution is 0.917. The predicted molar refractivity (Wildman–Crippen MR) is 30.7 cm³/mol. The predicted octanol–water partition coefficient (Wildman–Crippen LogP) is 1.31. The van der Waals surface area contributed by atoms with Crippen molar-refractivity contribution in [3.8, 4) is 17.9 Å². The number of nitriles is 1. The first-order chi connectivity index (χ1) is 3.83. The van der Waals surface area contributed by atoms with E-state index in [2.05, 4.69) is 17.9 Å². The van der Waals surface area contributed by atoms with Gasteiger partial charge < -0.3 is 0 Å². The third-order valence-corrected chi connectivity index (χ3v) is 1.33. The Kier molecular flexibility index (Phi) is 0.991. The Morgan fingerprint density at radius 3 is 2.25 bits per heavy atom. The van der Waals surface area contributed by atoms with Crippen LogP contribution in [0.5, 0.6) is 0 Å². The summed E-state index contributed by atoms with van der Waals surface area (Å²) in [7, 11) is 0. The first kappa shape index (κ1) is 5.19. The molecule has 0 atom stereocenters. The zero-order valence-electron chi connectivity index (χ0n) is 4.86. The summed E-state index contributed by atoms with van der Waals surface area (Å²) < 4.78 is 0. The molecular weight excluding hydrogens is 98.1 g/mol. The van der Waals surface area contributed by atoms with Crippen LogP contribution >= 0.6 is 0 Å². The first-order valence-electron chi connectivity index (χ1n) is 2.68. The summed E-state index contributed by atoms with van der Waals surface area (Å²) >= 11 is 0. The van der Waals surface area contributed by atoms with Gasteiger partial charge in [0.05, 0.1) is 6.07 Å². The van der Waals surface area contributed by atoms with E-state index < -0.39 is 0 Å². The maximum atomic E-state index is 8.44. The number of rotatable bonds is 0. The molecule has 0 unspecified atom stereocenters. The van der Waals surface area contributed by atoms with Crippen molar-refractivity contribution in [3.63, 3.8) is 0 Å². The summed E-state index contributed by atoms with van der Waals surface area (Å²) in [5, 5.41) is 8.44. The van der Waals surface area contributed by atoms with Gasteiger partial charge in [0.2, 0.25) is 0 Å². The van der Waals surface area contributed by atoms with Gasteiger partial charge in [-0.25, -0.2) is 0 Å². The largest absolute Gasteiger partial charge is 0.197 e. The molecule has 1 nitrogen and oxygen atoms in total. The second-order valence-electron chi connectivity index (χ2n) is 2.07. The van der Waals surface area contributed by atoms with E-state index in [1.165, 1.54) is 0 Å². The molecule has 1 aliphatic carbocycles. The summed E-state index contributed by atoms with van der Waals surface area (Å²) in [6.07, 6.45) is 1.95. The number of hydrogen-bond acceptors (Lipinski definition) is 1. The highest BCUT2D eigenvalue weighted by atomic mass is 14.4. The topological polar surface area (TPSA) is 23.8 Å². The summed E-state index contributed by atoms with van der Waals surface area (Å²) in [4.78, 5) is 0. The van der Waals surface area contributed by atoms with E-state index in [4.69, 9.17) is 5.26 Å². The number of hydrogen-bond donors (Lipinski definition) is 0. The molecule has 0 aromatic rings. The van der Waals surface area contributed by atoms with Crippen LogP contribution in [0.2, 0.25) is 0 Å². The van der Waals surface area contributed by atoms with Crippen molar-refractivity contribution >= 4 is 0 Å². The molecular formula is C7H7N. The van der Waals surface area contributed by atoms with Crippen molar-refractivity contribution in [2.45, 2.75) is 19.8 Å². The highest BCUT2D eigenvalue weighted by Gasteiger charge is 2.41. The van der Waals surface area contributed by atoms with E-state index >= 15 is 0 Å². The van der Waals surface area contributed by atoms with Gasteiger partial charge in [0, 0.05) is 0 Å². The monoisotopic (exact) mass is 105 g/mol. The van der Waals surface area contributed by atoms with Gasteiger partial charge >= 0.3 is 0 Å². The lowest BCUT2D eigenvalue weighted by Gasteiger charge is -1.84. The van der Waals surface area contributed by atoms with Gasteiger partial charge in [0.25, 0.3) is 0 Å².